The topological polar surface area (TPSA) is 63.2 Å². The van der Waals surface area contributed by atoms with Gasteiger partial charge in [-0.3, -0.25) is 4.98 Å². The van der Waals surface area contributed by atoms with Gasteiger partial charge in [0, 0.05) is 38.1 Å². The second-order valence-corrected chi connectivity index (χ2v) is 4.92. The number of aromatic nitrogens is 3. The standard InChI is InChI=1S/C15H19N5O/c1-4-18-15(19-5-1)12-21-14-9-13(10-17-11-14)20-7-2-3-16-6-8-20/h1,4-5,9-11,16H,2-3,6-8,12H2. The summed E-state index contributed by atoms with van der Waals surface area (Å²) < 4.78 is 5.72. The lowest BCUT2D eigenvalue weighted by Crippen LogP contribution is -2.27. The zero-order chi connectivity index (χ0) is 14.3. The first-order valence-electron chi connectivity index (χ1n) is 7.21. The fourth-order valence-corrected chi connectivity index (χ4v) is 2.32. The van der Waals surface area contributed by atoms with Gasteiger partial charge in [0.15, 0.2) is 5.82 Å². The smallest absolute Gasteiger partial charge is 0.166 e. The molecule has 2 aromatic heterocycles. The van der Waals surface area contributed by atoms with Crippen LogP contribution in [0, 0.1) is 0 Å². The summed E-state index contributed by atoms with van der Waals surface area (Å²) in [6.45, 7) is 4.47. The first-order valence-corrected chi connectivity index (χ1v) is 7.21. The van der Waals surface area contributed by atoms with Gasteiger partial charge in [-0.25, -0.2) is 9.97 Å². The molecule has 3 rings (SSSR count). The molecule has 0 amide bonds. The van der Waals surface area contributed by atoms with E-state index in [1.54, 1.807) is 24.7 Å². The third-order valence-electron chi connectivity index (χ3n) is 3.39. The van der Waals surface area contributed by atoms with Crippen LogP contribution < -0.4 is 15.0 Å². The quantitative estimate of drug-likeness (QED) is 0.912. The highest BCUT2D eigenvalue weighted by molar-refractivity contribution is 5.48. The molecule has 0 spiro atoms. The Morgan fingerprint density at radius 3 is 2.95 bits per heavy atom. The summed E-state index contributed by atoms with van der Waals surface area (Å²) >= 11 is 0. The van der Waals surface area contributed by atoms with Crippen molar-refractivity contribution in [3.05, 3.63) is 42.7 Å². The van der Waals surface area contributed by atoms with Crippen LogP contribution in [0.2, 0.25) is 0 Å². The van der Waals surface area contributed by atoms with Crippen LogP contribution in [0.15, 0.2) is 36.9 Å². The SMILES string of the molecule is c1cnc(COc2cncc(N3CCCNCC3)c2)nc1. The van der Waals surface area contributed by atoms with Crippen molar-refractivity contribution in [1.29, 1.82) is 0 Å². The molecular weight excluding hydrogens is 266 g/mol. The Kier molecular flexibility index (Phi) is 4.58. The van der Waals surface area contributed by atoms with Crippen molar-refractivity contribution in [3.8, 4) is 5.75 Å². The lowest BCUT2D eigenvalue weighted by Gasteiger charge is -2.22. The predicted molar refractivity (Wildman–Crippen MR) is 80.3 cm³/mol. The Morgan fingerprint density at radius 2 is 2.05 bits per heavy atom. The van der Waals surface area contributed by atoms with Crippen LogP contribution in [0.5, 0.6) is 5.75 Å². The summed E-state index contributed by atoms with van der Waals surface area (Å²) in [5.41, 5.74) is 1.10. The number of anilines is 1. The highest BCUT2D eigenvalue weighted by Gasteiger charge is 2.10. The van der Waals surface area contributed by atoms with Crippen molar-refractivity contribution in [2.45, 2.75) is 13.0 Å². The van der Waals surface area contributed by atoms with Crippen LogP contribution in [0.4, 0.5) is 5.69 Å². The zero-order valence-electron chi connectivity index (χ0n) is 11.9. The molecule has 1 fully saturated rings. The molecule has 0 radical (unpaired) electrons. The molecule has 1 aliphatic heterocycles. The summed E-state index contributed by atoms with van der Waals surface area (Å²) in [6, 6.07) is 3.82. The van der Waals surface area contributed by atoms with Crippen molar-refractivity contribution in [3.63, 3.8) is 0 Å². The summed E-state index contributed by atoms with van der Waals surface area (Å²) in [5.74, 6) is 1.42. The highest BCUT2D eigenvalue weighted by atomic mass is 16.5. The molecule has 110 valence electrons. The normalized spacial score (nSPS) is 15.5. The van der Waals surface area contributed by atoms with Crippen LogP contribution in [-0.2, 0) is 6.61 Å². The van der Waals surface area contributed by atoms with Crippen LogP contribution in [0.25, 0.3) is 0 Å². The van der Waals surface area contributed by atoms with Gasteiger partial charge in [-0.2, -0.15) is 0 Å². The third kappa shape index (κ3) is 3.88. The minimum atomic E-state index is 0.355. The lowest BCUT2D eigenvalue weighted by atomic mass is 10.3. The number of pyridine rings is 1. The molecule has 0 aromatic carbocycles. The molecule has 6 heteroatoms. The predicted octanol–water partition coefficient (Wildman–Crippen LogP) is 1.25. The monoisotopic (exact) mass is 285 g/mol. The zero-order valence-corrected chi connectivity index (χ0v) is 11.9. The van der Waals surface area contributed by atoms with Crippen molar-refractivity contribution in [1.82, 2.24) is 20.3 Å². The second kappa shape index (κ2) is 6.99. The largest absolute Gasteiger partial charge is 0.484 e. The van der Waals surface area contributed by atoms with E-state index in [2.05, 4.69) is 25.2 Å². The molecule has 6 nitrogen and oxygen atoms in total. The van der Waals surface area contributed by atoms with E-state index in [1.165, 1.54) is 0 Å². The second-order valence-electron chi connectivity index (χ2n) is 4.92. The van der Waals surface area contributed by atoms with Gasteiger partial charge in [-0.1, -0.05) is 0 Å². The maximum Gasteiger partial charge on any atom is 0.166 e. The Labute approximate surface area is 124 Å². The number of hydrogen-bond donors (Lipinski definition) is 1. The van der Waals surface area contributed by atoms with Crippen LogP contribution >= 0.6 is 0 Å². The molecule has 1 aliphatic rings. The van der Waals surface area contributed by atoms with Gasteiger partial charge in [0.25, 0.3) is 0 Å². The van der Waals surface area contributed by atoms with Gasteiger partial charge >= 0.3 is 0 Å². The average Bonchev–Trinajstić information content (AvgIpc) is 2.83. The third-order valence-corrected chi connectivity index (χ3v) is 3.39. The van der Waals surface area contributed by atoms with Crippen LogP contribution in [-0.4, -0.2) is 41.1 Å². The van der Waals surface area contributed by atoms with Gasteiger partial charge in [0.1, 0.15) is 12.4 Å². The van der Waals surface area contributed by atoms with Crippen molar-refractivity contribution in [2.24, 2.45) is 0 Å². The molecule has 1 N–H and O–H groups in total. The fraction of sp³-hybridized carbons (Fsp3) is 0.400. The number of nitrogens with zero attached hydrogens (tertiary/aromatic N) is 4. The highest BCUT2D eigenvalue weighted by Crippen LogP contribution is 2.20. The summed E-state index contributed by atoms with van der Waals surface area (Å²) in [7, 11) is 0. The minimum absolute atomic E-state index is 0.355. The average molecular weight is 285 g/mol. The molecule has 0 unspecified atom stereocenters. The minimum Gasteiger partial charge on any atom is -0.484 e. The lowest BCUT2D eigenvalue weighted by molar-refractivity contribution is 0.294. The van der Waals surface area contributed by atoms with Crippen molar-refractivity contribution >= 4 is 5.69 Å². The molecule has 0 bridgehead atoms. The molecule has 21 heavy (non-hydrogen) atoms. The Balaban J connectivity index is 1.65. The molecule has 3 heterocycles. The van der Waals surface area contributed by atoms with E-state index in [0.29, 0.717) is 12.4 Å². The van der Waals surface area contributed by atoms with Gasteiger partial charge in [0.05, 0.1) is 18.1 Å². The van der Waals surface area contributed by atoms with E-state index in [1.807, 2.05) is 12.3 Å². The van der Waals surface area contributed by atoms with E-state index in [0.717, 1.165) is 44.0 Å². The van der Waals surface area contributed by atoms with Gasteiger partial charge < -0.3 is 15.0 Å². The Bertz CT molecular complexity index is 555. The van der Waals surface area contributed by atoms with E-state index < -0.39 is 0 Å². The van der Waals surface area contributed by atoms with Gasteiger partial charge in [0.2, 0.25) is 0 Å². The molecule has 1 saturated heterocycles. The van der Waals surface area contributed by atoms with E-state index in [-0.39, 0.29) is 0 Å². The number of nitrogens with one attached hydrogen (secondary N) is 1. The number of ether oxygens (including phenoxy) is 1. The molecule has 0 saturated carbocycles. The molecular formula is C15H19N5O. The van der Waals surface area contributed by atoms with E-state index in [4.69, 9.17) is 4.74 Å². The van der Waals surface area contributed by atoms with Gasteiger partial charge in [-0.15, -0.1) is 0 Å². The van der Waals surface area contributed by atoms with Crippen LogP contribution in [0.1, 0.15) is 12.2 Å². The maximum absolute atomic E-state index is 5.72. The van der Waals surface area contributed by atoms with Crippen LogP contribution in [0.3, 0.4) is 0 Å². The molecule has 2 aromatic rings. The molecule has 0 aliphatic carbocycles. The van der Waals surface area contributed by atoms with Crippen molar-refractivity contribution in [2.75, 3.05) is 31.1 Å². The van der Waals surface area contributed by atoms with Gasteiger partial charge in [-0.05, 0) is 19.0 Å². The van der Waals surface area contributed by atoms with Crippen molar-refractivity contribution < 1.29 is 4.74 Å². The Hall–Kier alpha value is -2.21. The molecule has 0 atom stereocenters. The number of rotatable bonds is 4. The summed E-state index contributed by atoms with van der Waals surface area (Å²) in [5, 5.41) is 3.40. The first-order chi connectivity index (χ1) is 10.4. The first kappa shape index (κ1) is 13.8. The summed E-state index contributed by atoms with van der Waals surface area (Å²) in [4.78, 5) is 14.9. The van der Waals surface area contributed by atoms with E-state index >= 15 is 0 Å². The fourth-order valence-electron chi connectivity index (χ4n) is 2.32. The number of hydrogen-bond acceptors (Lipinski definition) is 6. The Morgan fingerprint density at radius 1 is 1.14 bits per heavy atom. The maximum atomic E-state index is 5.72. The summed E-state index contributed by atoms with van der Waals surface area (Å²) in [6.07, 6.45) is 8.18. The van der Waals surface area contributed by atoms with E-state index in [9.17, 15) is 0 Å².